The van der Waals surface area contributed by atoms with Crippen LogP contribution in [0.25, 0.3) is 0 Å². The Balaban J connectivity index is 4.61. The predicted molar refractivity (Wildman–Crippen MR) is 28.9 cm³/mol. The molecule has 13 heavy (non-hydrogen) atoms. The maximum atomic E-state index is 12.0. The van der Waals surface area contributed by atoms with Crippen molar-refractivity contribution in [1.29, 1.82) is 0 Å². The Morgan fingerprint density at radius 3 is 1.85 bits per heavy atom. The van der Waals surface area contributed by atoms with Crippen LogP contribution in [-0.4, -0.2) is 23.3 Å². The molecule has 0 aliphatic rings. The molecule has 0 aliphatic heterocycles. The van der Waals surface area contributed by atoms with Crippen molar-refractivity contribution in [3.05, 3.63) is 12.4 Å². The average Bonchev–Trinajstić information content (AvgIpc) is 1.83. The fraction of sp³-hybridized carbons (Fsp3) is 0.400. The monoisotopic (exact) mass is 206 g/mol. The van der Waals surface area contributed by atoms with Gasteiger partial charge in [-0.25, -0.2) is 13.9 Å². The summed E-state index contributed by atoms with van der Waals surface area (Å²) in [5.74, 6) is -5.46. The highest BCUT2D eigenvalue weighted by atomic mass is 19.3. The van der Waals surface area contributed by atoms with Crippen LogP contribution < -0.4 is 0 Å². The fourth-order valence-electron chi connectivity index (χ4n) is 0.260. The number of carbonyl (C=O) groups is 1. The molecule has 0 saturated heterocycles. The van der Waals surface area contributed by atoms with E-state index in [1.54, 1.807) is 0 Å². The van der Waals surface area contributed by atoms with Crippen molar-refractivity contribution in [2.75, 3.05) is 0 Å². The summed E-state index contributed by atoms with van der Waals surface area (Å²) in [6, 6.07) is 0. The van der Waals surface area contributed by atoms with Gasteiger partial charge in [0.1, 0.15) is 0 Å². The van der Waals surface area contributed by atoms with Gasteiger partial charge < -0.3 is 5.11 Å². The molecule has 0 fully saturated rings. The summed E-state index contributed by atoms with van der Waals surface area (Å²) in [5.41, 5.74) is 0. The van der Waals surface area contributed by atoms with Gasteiger partial charge in [-0.15, -0.1) is 0 Å². The highest BCUT2D eigenvalue weighted by molar-refractivity contribution is 5.73. The van der Waals surface area contributed by atoms with E-state index < -0.39 is 24.0 Å². The molecule has 1 N–H and O–H groups in total. The summed E-state index contributed by atoms with van der Waals surface area (Å²) in [6.45, 7) is 2.00. The second-order valence-electron chi connectivity index (χ2n) is 1.85. The number of carboxylic acids is 1. The lowest BCUT2D eigenvalue weighted by molar-refractivity contribution is -0.352. The summed E-state index contributed by atoms with van der Waals surface area (Å²) in [7, 11) is 0. The molecule has 0 unspecified atom stereocenters. The smallest absolute Gasteiger partial charge is 0.460 e. The topological polar surface area (TPSA) is 46.5 Å². The van der Waals surface area contributed by atoms with E-state index in [2.05, 4.69) is 4.74 Å². The van der Waals surface area contributed by atoms with Crippen molar-refractivity contribution in [3.8, 4) is 0 Å². The van der Waals surface area contributed by atoms with Crippen LogP contribution in [0, 0.1) is 0 Å². The van der Waals surface area contributed by atoms with Gasteiger partial charge >= 0.3 is 18.2 Å². The van der Waals surface area contributed by atoms with Crippen molar-refractivity contribution < 1.29 is 36.6 Å². The van der Waals surface area contributed by atoms with Gasteiger partial charge in [0.05, 0.1) is 0 Å². The largest absolute Gasteiger partial charge is 0.475 e. The van der Waals surface area contributed by atoms with E-state index in [9.17, 15) is 26.7 Å². The number of carboxylic acid groups (broad SMARTS) is 1. The minimum atomic E-state index is -5.17. The molecular weight excluding hydrogens is 203 g/mol. The lowest BCUT2D eigenvalue weighted by Crippen LogP contribution is -2.39. The van der Waals surface area contributed by atoms with E-state index in [0.29, 0.717) is 0 Å². The van der Waals surface area contributed by atoms with Gasteiger partial charge in [-0.3, -0.25) is 0 Å². The average molecular weight is 206 g/mol. The third-order valence-electron chi connectivity index (χ3n) is 0.821. The maximum Gasteiger partial charge on any atom is 0.460 e. The molecule has 76 valence electrons. The molecular formula is C5H3F5O3. The zero-order chi connectivity index (χ0) is 10.9. The second kappa shape index (κ2) is 3.29. The van der Waals surface area contributed by atoms with Crippen LogP contribution in [0.3, 0.4) is 0 Å². The van der Waals surface area contributed by atoms with E-state index in [-0.39, 0.29) is 0 Å². The SMILES string of the molecule is C=C(F)C(F)(F)OC(F)(F)C(=O)O. The molecule has 0 aromatic heterocycles. The van der Waals surface area contributed by atoms with Crippen LogP contribution in [0.15, 0.2) is 12.4 Å². The lowest BCUT2D eigenvalue weighted by Gasteiger charge is -2.18. The Hall–Kier alpha value is -1.18. The van der Waals surface area contributed by atoms with Gasteiger partial charge in [-0.05, 0) is 0 Å². The lowest BCUT2D eigenvalue weighted by atomic mass is 10.5. The first kappa shape index (κ1) is 11.8. The molecule has 0 aromatic carbocycles. The Morgan fingerprint density at radius 1 is 1.23 bits per heavy atom. The third-order valence-corrected chi connectivity index (χ3v) is 0.821. The highest BCUT2D eigenvalue weighted by Crippen LogP contribution is 2.32. The van der Waals surface area contributed by atoms with E-state index in [4.69, 9.17) is 5.11 Å². The molecule has 0 aromatic rings. The first-order chi connectivity index (χ1) is 5.59. The molecule has 0 amide bonds. The van der Waals surface area contributed by atoms with Crippen LogP contribution in [0.4, 0.5) is 22.0 Å². The molecule has 8 heteroatoms. The minimum absolute atomic E-state index is 2.00. The van der Waals surface area contributed by atoms with E-state index in [0.717, 1.165) is 0 Å². The molecule has 0 saturated carbocycles. The summed E-state index contributed by atoms with van der Waals surface area (Å²) in [4.78, 5) is 9.56. The normalized spacial score (nSPS) is 12.7. The fourth-order valence-corrected chi connectivity index (χ4v) is 0.260. The standard InChI is InChI=1S/C5H3F5O3/c1-2(6)4(7,8)13-5(9,10)3(11)12/h1H2,(H,11,12). The second-order valence-corrected chi connectivity index (χ2v) is 1.85. The van der Waals surface area contributed by atoms with Crippen molar-refractivity contribution in [2.24, 2.45) is 0 Å². The van der Waals surface area contributed by atoms with Crippen LogP contribution in [-0.2, 0) is 9.53 Å². The van der Waals surface area contributed by atoms with E-state index >= 15 is 0 Å². The first-order valence-corrected chi connectivity index (χ1v) is 2.63. The number of halogens is 5. The summed E-state index contributed by atoms with van der Waals surface area (Å²) < 4.78 is 61.8. The van der Waals surface area contributed by atoms with E-state index in [1.807, 2.05) is 6.58 Å². The maximum absolute atomic E-state index is 12.0. The van der Waals surface area contributed by atoms with Crippen LogP contribution in [0.1, 0.15) is 0 Å². The Bertz CT molecular complexity index is 212. The zero-order valence-electron chi connectivity index (χ0n) is 5.86. The van der Waals surface area contributed by atoms with Crippen LogP contribution in [0.2, 0.25) is 0 Å². The number of hydrogen-bond donors (Lipinski definition) is 1. The van der Waals surface area contributed by atoms with Crippen molar-refractivity contribution in [3.63, 3.8) is 0 Å². The predicted octanol–water partition coefficient (Wildman–Crippen LogP) is 1.76. The van der Waals surface area contributed by atoms with Crippen LogP contribution >= 0.6 is 0 Å². The Labute approximate surface area is 68.4 Å². The van der Waals surface area contributed by atoms with E-state index in [1.165, 1.54) is 0 Å². The third kappa shape index (κ3) is 2.98. The molecule has 3 nitrogen and oxygen atoms in total. The zero-order valence-corrected chi connectivity index (χ0v) is 5.86. The van der Waals surface area contributed by atoms with Crippen molar-refractivity contribution >= 4 is 5.97 Å². The van der Waals surface area contributed by atoms with Gasteiger partial charge in [-0.2, -0.15) is 17.6 Å². The molecule has 0 atom stereocenters. The van der Waals surface area contributed by atoms with Gasteiger partial charge in [0.2, 0.25) is 0 Å². The highest BCUT2D eigenvalue weighted by Gasteiger charge is 2.52. The summed E-state index contributed by atoms with van der Waals surface area (Å²) >= 11 is 0. The molecule has 0 radical (unpaired) electrons. The molecule has 0 bridgehead atoms. The Morgan fingerprint density at radius 2 is 1.62 bits per heavy atom. The quantitative estimate of drug-likeness (QED) is 0.712. The van der Waals surface area contributed by atoms with Crippen LogP contribution in [0.5, 0.6) is 0 Å². The van der Waals surface area contributed by atoms with Gasteiger partial charge in [0.15, 0.2) is 5.83 Å². The molecule has 0 spiro atoms. The summed E-state index contributed by atoms with van der Waals surface area (Å²) in [6.07, 6.45) is -10.2. The summed E-state index contributed by atoms with van der Waals surface area (Å²) in [5, 5.41) is 7.63. The first-order valence-electron chi connectivity index (χ1n) is 2.63. The number of aliphatic carboxylic acids is 1. The molecule has 0 rings (SSSR count). The van der Waals surface area contributed by atoms with Gasteiger partial charge in [-0.1, -0.05) is 6.58 Å². The van der Waals surface area contributed by atoms with Gasteiger partial charge in [0, 0.05) is 0 Å². The Kier molecular flexibility index (Phi) is 2.99. The van der Waals surface area contributed by atoms with Gasteiger partial charge in [0.25, 0.3) is 0 Å². The number of alkyl halides is 4. The number of ether oxygens (including phenoxy) is 1. The van der Waals surface area contributed by atoms with Crippen molar-refractivity contribution in [2.45, 2.75) is 12.2 Å². The minimum Gasteiger partial charge on any atom is -0.475 e. The molecule has 0 heterocycles. The van der Waals surface area contributed by atoms with Crippen molar-refractivity contribution in [1.82, 2.24) is 0 Å². The number of hydrogen-bond acceptors (Lipinski definition) is 2. The molecule has 0 aliphatic carbocycles. The number of rotatable bonds is 4.